The number of benzene rings is 1. The minimum Gasteiger partial charge on any atom is -0.398 e. The second-order valence-electron chi connectivity index (χ2n) is 4.58. The molecule has 0 aliphatic rings. The van der Waals surface area contributed by atoms with Crippen molar-refractivity contribution in [2.45, 2.75) is 13.5 Å². The Morgan fingerprint density at radius 1 is 1.40 bits per heavy atom. The molecule has 106 valence electrons. The molecule has 0 saturated carbocycles. The van der Waals surface area contributed by atoms with Gasteiger partial charge in [0, 0.05) is 29.8 Å². The van der Waals surface area contributed by atoms with Crippen molar-refractivity contribution in [3.05, 3.63) is 50.9 Å². The van der Waals surface area contributed by atoms with Gasteiger partial charge >= 0.3 is 0 Å². The van der Waals surface area contributed by atoms with Gasteiger partial charge in [-0.3, -0.25) is 4.79 Å². The van der Waals surface area contributed by atoms with E-state index in [4.69, 9.17) is 5.73 Å². The SMILES string of the molecule is CCN(C)c1cnn(Cc2ccc(Br)c(N)c2)c(=O)c1. The quantitative estimate of drug-likeness (QED) is 0.868. The molecule has 0 spiro atoms. The van der Waals surface area contributed by atoms with Crippen molar-refractivity contribution >= 4 is 27.3 Å². The topological polar surface area (TPSA) is 64.2 Å². The van der Waals surface area contributed by atoms with Gasteiger partial charge in [-0.05, 0) is 40.5 Å². The van der Waals surface area contributed by atoms with E-state index in [1.54, 1.807) is 12.3 Å². The van der Waals surface area contributed by atoms with Gasteiger partial charge in [0.1, 0.15) is 0 Å². The number of anilines is 2. The van der Waals surface area contributed by atoms with Crippen molar-refractivity contribution in [3.63, 3.8) is 0 Å². The van der Waals surface area contributed by atoms with Crippen LogP contribution in [0.2, 0.25) is 0 Å². The molecular weight excluding hydrogens is 320 g/mol. The lowest BCUT2D eigenvalue weighted by atomic mass is 10.2. The Morgan fingerprint density at radius 3 is 2.75 bits per heavy atom. The summed E-state index contributed by atoms with van der Waals surface area (Å²) in [7, 11) is 1.93. The molecule has 5 nitrogen and oxygen atoms in total. The summed E-state index contributed by atoms with van der Waals surface area (Å²) < 4.78 is 2.27. The standard InChI is InChI=1S/C14H17BrN4O/c1-3-18(2)11-7-14(20)19(17-8-11)9-10-4-5-12(15)13(16)6-10/h4-8H,3,9,16H2,1-2H3. The van der Waals surface area contributed by atoms with E-state index in [0.717, 1.165) is 22.3 Å². The molecule has 0 unspecified atom stereocenters. The molecule has 0 radical (unpaired) electrons. The van der Waals surface area contributed by atoms with Crippen LogP contribution >= 0.6 is 15.9 Å². The van der Waals surface area contributed by atoms with E-state index in [-0.39, 0.29) is 5.56 Å². The van der Waals surface area contributed by atoms with Crippen molar-refractivity contribution in [2.24, 2.45) is 0 Å². The third kappa shape index (κ3) is 3.19. The lowest BCUT2D eigenvalue weighted by Crippen LogP contribution is -2.26. The maximum Gasteiger partial charge on any atom is 0.269 e. The number of nitrogens with zero attached hydrogens (tertiary/aromatic N) is 3. The van der Waals surface area contributed by atoms with Crippen molar-refractivity contribution in [1.29, 1.82) is 0 Å². The molecule has 0 aliphatic carbocycles. The molecular formula is C14H17BrN4O. The molecule has 6 heteroatoms. The van der Waals surface area contributed by atoms with Gasteiger partial charge in [-0.15, -0.1) is 0 Å². The zero-order valence-electron chi connectivity index (χ0n) is 11.5. The highest BCUT2D eigenvalue weighted by molar-refractivity contribution is 9.10. The van der Waals surface area contributed by atoms with Crippen molar-refractivity contribution in [3.8, 4) is 0 Å². The van der Waals surface area contributed by atoms with Gasteiger partial charge in [0.25, 0.3) is 5.56 Å². The third-order valence-electron chi connectivity index (χ3n) is 3.16. The maximum absolute atomic E-state index is 12.0. The van der Waals surface area contributed by atoms with Gasteiger partial charge < -0.3 is 10.6 Å². The number of rotatable bonds is 4. The number of hydrogen-bond donors (Lipinski definition) is 1. The fourth-order valence-corrected chi connectivity index (χ4v) is 2.05. The first-order valence-corrected chi connectivity index (χ1v) is 7.12. The van der Waals surface area contributed by atoms with Gasteiger partial charge in [0.15, 0.2) is 0 Å². The molecule has 0 fully saturated rings. The van der Waals surface area contributed by atoms with Gasteiger partial charge in [0.2, 0.25) is 0 Å². The fraction of sp³-hybridized carbons (Fsp3) is 0.286. The second kappa shape index (κ2) is 6.09. The lowest BCUT2D eigenvalue weighted by Gasteiger charge is -2.16. The average molecular weight is 337 g/mol. The zero-order chi connectivity index (χ0) is 14.7. The Balaban J connectivity index is 2.25. The van der Waals surface area contributed by atoms with E-state index in [9.17, 15) is 4.79 Å². The van der Waals surface area contributed by atoms with Gasteiger partial charge in [-0.1, -0.05) is 6.07 Å². The van der Waals surface area contributed by atoms with Crippen LogP contribution in [0.15, 0.2) is 39.7 Å². The summed E-state index contributed by atoms with van der Waals surface area (Å²) in [5.41, 5.74) is 8.13. The van der Waals surface area contributed by atoms with E-state index in [2.05, 4.69) is 21.0 Å². The van der Waals surface area contributed by atoms with Crippen LogP contribution in [0.3, 0.4) is 0 Å². The Kier molecular flexibility index (Phi) is 4.44. The Labute approximate surface area is 126 Å². The average Bonchev–Trinajstić information content (AvgIpc) is 2.44. The molecule has 1 heterocycles. The highest BCUT2D eigenvalue weighted by atomic mass is 79.9. The second-order valence-corrected chi connectivity index (χ2v) is 5.43. The van der Waals surface area contributed by atoms with Crippen molar-refractivity contribution in [2.75, 3.05) is 24.2 Å². The van der Waals surface area contributed by atoms with Crippen LogP contribution < -0.4 is 16.2 Å². The molecule has 0 amide bonds. The molecule has 0 aliphatic heterocycles. The Hall–Kier alpha value is -1.82. The summed E-state index contributed by atoms with van der Waals surface area (Å²) in [4.78, 5) is 14.0. The maximum atomic E-state index is 12.0. The summed E-state index contributed by atoms with van der Waals surface area (Å²) in [5, 5.41) is 4.20. The summed E-state index contributed by atoms with van der Waals surface area (Å²) >= 11 is 3.35. The first kappa shape index (κ1) is 14.6. The van der Waals surface area contributed by atoms with Crippen LogP contribution in [0.25, 0.3) is 0 Å². The largest absolute Gasteiger partial charge is 0.398 e. The van der Waals surface area contributed by atoms with E-state index in [1.807, 2.05) is 37.1 Å². The number of nitrogens with two attached hydrogens (primary N) is 1. The first-order valence-electron chi connectivity index (χ1n) is 6.33. The van der Waals surface area contributed by atoms with Gasteiger partial charge in [-0.2, -0.15) is 5.10 Å². The number of nitrogen functional groups attached to an aromatic ring is 1. The normalized spacial score (nSPS) is 10.6. The lowest BCUT2D eigenvalue weighted by molar-refractivity contribution is 0.637. The molecule has 2 N–H and O–H groups in total. The van der Waals surface area contributed by atoms with Crippen LogP contribution in [0.1, 0.15) is 12.5 Å². The Bertz CT molecular complexity index is 668. The summed E-state index contributed by atoms with van der Waals surface area (Å²) in [6.45, 7) is 3.26. The molecule has 0 atom stereocenters. The molecule has 2 aromatic rings. The van der Waals surface area contributed by atoms with Gasteiger partial charge in [0.05, 0.1) is 18.4 Å². The molecule has 20 heavy (non-hydrogen) atoms. The third-order valence-corrected chi connectivity index (χ3v) is 3.89. The molecule has 0 saturated heterocycles. The highest BCUT2D eigenvalue weighted by Crippen LogP contribution is 2.20. The molecule has 0 bridgehead atoms. The van der Waals surface area contributed by atoms with E-state index in [0.29, 0.717) is 12.2 Å². The summed E-state index contributed by atoms with van der Waals surface area (Å²) in [6.07, 6.45) is 1.70. The predicted octanol–water partition coefficient (Wildman–Crippen LogP) is 2.09. The first-order chi connectivity index (χ1) is 9.51. The van der Waals surface area contributed by atoms with Crippen LogP contribution in [0, 0.1) is 0 Å². The van der Waals surface area contributed by atoms with Crippen LogP contribution in [-0.2, 0) is 6.54 Å². The number of aromatic nitrogens is 2. The minimum atomic E-state index is -0.121. The summed E-state index contributed by atoms with van der Waals surface area (Å²) in [6, 6.07) is 7.22. The predicted molar refractivity (Wildman–Crippen MR) is 85.1 cm³/mol. The summed E-state index contributed by atoms with van der Waals surface area (Å²) in [5.74, 6) is 0. The molecule has 2 rings (SSSR count). The van der Waals surface area contributed by atoms with Crippen molar-refractivity contribution < 1.29 is 0 Å². The fourth-order valence-electron chi connectivity index (χ4n) is 1.80. The Morgan fingerprint density at radius 2 is 2.15 bits per heavy atom. The monoisotopic (exact) mass is 336 g/mol. The van der Waals surface area contributed by atoms with Crippen molar-refractivity contribution in [1.82, 2.24) is 9.78 Å². The van der Waals surface area contributed by atoms with Crippen LogP contribution in [0.4, 0.5) is 11.4 Å². The van der Waals surface area contributed by atoms with Crippen LogP contribution in [-0.4, -0.2) is 23.4 Å². The van der Waals surface area contributed by atoms with E-state index in [1.165, 1.54) is 4.68 Å². The van der Waals surface area contributed by atoms with Crippen LogP contribution in [0.5, 0.6) is 0 Å². The number of halogens is 1. The number of hydrogen-bond acceptors (Lipinski definition) is 4. The zero-order valence-corrected chi connectivity index (χ0v) is 13.1. The highest BCUT2D eigenvalue weighted by Gasteiger charge is 2.05. The molecule has 1 aromatic carbocycles. The van der Waals surface area contributed by atoms with Gasteiger partial charge in [-0.25, -0.2) is 4.68 Å². The van der Waals surface area contributed by atoms with E-state index < -0.39 is 0 Å². The molecule has 1 aromatic heterocycles. The smallest absolute Gasteiger partial charge is 0.269 e. The van der Waals surface area contributed by atoms with E-state index >= 15 is 0 Å². The minimum absolute atomic E-state index is 0.121.